The molecule has 4 rings (SSSR count). The van der Waals surface area contributed by atoms with Crippen LogP contribution in [-0.2, 0) is 6.54 Å². The number of hydrogen-bond acceptors (Lipinski definition) is 4. The molecular weight excluding hydrogens is 458 g/mol. The third kappa shape index (κ3) is 5.76. The van der Waals surface area contributed by atoms with Crippen LogP contribution in [0.1, 0.15) is 68.3 Å². The Bertz CT molecular complexity index is 1380. The summed E-state index contributed by atoms with van der Waals surface area (Å²) < 4.78 is 5.55. The monoisotopic (exact) mass is 489 g/mol. The molecule has 0 aliphatic rings. The van der Waals surface area contributed by atoms with Crippen molar-refractivity contribution in [2.24, 2.45) is 0 Å². The van der Waals surface area contributed by atoms with Crippen LogP contribution in [0, 0.1) is 0 Å². The van der Waals surface area contributed by atoms with Crippen LogP contribution in [0.15, 0.2) is 69.9 Å². The van der Waals surface area contributed by atoms with Crippen LogP contribution >= 0.6 is 11.6 Å². The average molecular weight is 490 g/mol. The summed E-state index contributed by atoms with van der Waals surface area (Å²) in [6.07, 6.45) is 5.43. The van der Waals surface area contributed by atoms with Gasteiger partial charge in [-0.25, -0.2) is 4.79 Å². The molecule has 4 nitrogen and oxygen atoms in total. The molecule has 35 heavy (non-hydrogen) atoms. The van der Waals surface area contributed by atoms with E-state index in [-0.39, 0.29) is 16.4 Å². The molecule has 0 radical (unpaired) electrons. The molecule has 0 saturated carbocycles. The lowest BCUT2D eigenvalue weighted by atomic mass is 10.0. The number of fused-ring (bicyclic) bond motifs is 2. The fourth-order valence-corrected chi connectivity index (χ4v) is 4.86. The Morgan fingerprint density at radius 2 is 1.69 bits per heavy atom. The molecule has 1 heterocycles. The van der Waals surface area contributed by atoms with Crippen LogP contribution in [0.4, 0.5) is 5.69 Å². The Labute approximate surface area is 211 Å². The normalized spacial score (nSPS) is 11.3. The average Bonchev–Trinajstić information content (AvgIpc) is 2.86. The maximum absolute atomic E-state index is 12.8. The van der Waals surface area contributed by atoms with Crippen LogP contribution in [0.5, 0.6) is 0 Å². The largest absolute Gasteiger partial charge is 0.422 e. The molecule has 0 spiro atoms. The first-order valence-corrected chi connectivity index (χ1v) is 12.9. The quantitative estimate of drug-likeness (QED) is 0.0922. The van der Waals surface area contributed by atoms with E-state index in [9.17, 15) is 9.59 Å². The lowest BCUT2D eigenvalue weighted by Crippen LogP contribution is -2.21. The highest BCUT2D eigenvalue weighted by Crippen LogP contribution is 2.32. The molecule has 0 unspecified atom stereocenters. The molecule has 1 aromatic heterocycles. The summed E-state index contributed by atoms with van der Waals surface area (Å²) >= 11 is 6.65. The van der Waals surface area contributed by atoms with Gasteiger partial charge < -0.3 is 9.32 Å². The predicted octanol–water partition coefficient (Wildman–Crippen LogP) is 8.17. The summed E-state index contributed by atoms with van der Waals surface area (Å²) in [6, 6.07) is 20.4. The van der Waals surface area contributed by atoms with E-state index in [1.807, 2.05) is 24.3 Å². The van der Waals surface area contributed by atoms with Gasteiger partial charge >= 0.3 is 5.63 Å². The first-order valence-electron chi connectivity index (χ1n) is 12.5. The van der Waals surface area contributed by atoms with Gasteiger partial charge in [0, 0.05) is 30.6 Å². The smallest absolute Gasteiger partial charge is 0.348 e. The van der Waals surface area contributed by atoms with E-state index in [1.165, 1.54) is 5.56 Å². The predicted molar refractivity (Wildman–Crippen MR) is 146 cm³/mol. The van der Waals surface area contributed by atoms with E-state index in [0.717, 1.165) is 61.7 Å². The van der Waals surface area contributed by atoms with Gasteiger partial charge in [0.05, 0.1) is 5.02 Å². The van der Waals surface area contributed by atoms with Gasteiger partial charge in [0.2, 0.25) is 0 Å². The van der Waals surface area contributed by atoms with Crippen molar-refractivity contribution in [3.05, 3.63) is 87.2 Å². The van der Waals surface area contributed by atoms with E-state index >= 15 is 0 Å². The van der Waals surface area contributed by atoms with Crippen LogP contribution in [-0.4, -0.2) is 12.3 Å². The molecule has 0 aliphatic heterocycles. The number of Topliss-reactive ketones (excluding diaryl/α,β-unsaturated/α-hetero) is 1. The summed E-state index contributed by atoms with van der Waals surface area (Å²) in [5.41, 5.74) is 2.06. The SMILES string of the molecule is CCCCCCCC(=O)c1c(Cl)c2cc3cc(N(CC)Cc4ccccc4)ccc3cc2oc1=O. The lowest BCUT2D eigenvalue weighted by Gasteiger charge is -2.23. The third-order valence-corrected chi connectivity index (χ3v) is 6.93. The zero-order chi connectivity index (χ0) is 24.8. The second-order valence-corrected chi connectivity index (χ2v) is 9.42. The van der Waals surface area contributed by atoms with Crippen LogP contribution < -0.4 is 10.5 Å². The number of carbonyl (C=O) groups excluding carboxylic acids is 1. The minimum atomic E-state index is -0.656. The summed E-state index contributed by atoms with van der Waals surface area (Å²) in [7, 11) is 0. The molecule has 0 N–H and O–H groups in total. The van der Waals surface area contributed by atoms with Gasteiger partial charge in [0.1, 0.15) is 11.1 Å². The minimum absolute atomic E-state index is 0.0237. The van der Waals surface area contributed by atoms with Gasteiger partial charge in [-0.2, -0.15) is 0 Å². The standard InChI is InChI=1S/C30H32ClNO3/c1-3-5-6-7-11-14-26(33)28-29(31)25-18-23-17-24(16-15-22(23)19-27(25)35-30(28)34)32(4-2)20-21-12-9-8-10-13-21/h8-10,12-13,15-19H,3-7,11,14,20H2,1-2H3. The number of nitrogens with zero attached hydrogens (tertiary/aromatic N) is 1. The van der Waals surface area contributed by atoms with Gasteiger partial charge in [-0.15, -0.1) is 0 Å². The lowest BCUT2D eigenvalue weighted by molar-refractivity contribution is 0.0976. The van der Waals surface area contributed by atoms with Crippen molar-refractivity contribution in [1.29, 1.82) is 0 Å². The van der Waals surface area contributed by atoms with Crippen molar-refractivity contribution in [3.8, 4) is 0 Å². The van der Waals surface area contributed by atoms with E-state index < -0.39 is 5.63 Å². The zero-order valence-electron chi connectivity index (χ0n) is 20.5. The zero-order valence-corrected chi connectivity index (χ0v) is 21.2. The van der Waals surface area contributed by atoms with Crippen LogP contribution in [0.25, 0.3) is 21.7 Å². The number of rotatable bonds is 11. The van der Waals surface area contributed by atoms with Crippen molar-refractivity contribution in [1.82, 2.24) is 0 Å². The number of ketones is 1. The maximum atomic E-state index is 12.8. The fourth-order valence-electron chi connectivity index (χ4n) is 4.53. The molecular formula is C30H32ClNO3. The summed E-state index contributed by atoms with van der Waals surface area (Å²) in [6.45, 7) is 5.96. The van der Waals surface area contributed by atoms with Gasteiger partial charge in [-0.1, -0.05) is 80.6 Å². The highest BCUT2D eigenvalue weighted by atomic mass is 35.5. The molecule has 0 amide bonds. The summed E-state index contributed by atoms with van der Waals surface area (Å²) in [5, 5.41) is 2.72. The highest BCUT2D eigenvalue weighted by molar-refractivity contribution is 6.38. The summed E-state index contributed by atoms with van der Waals surface area (Å²) in [5.74, 6) is -0.240. The van der Waals surface area contributed by atoms with E-state index in [4.69, 9.17) is 16.0 Å². The van der Waals surface area contributed by atoms with Crippen LogP contribution in [0.3, 0.4) is 0 Å². The van der Waals surface area contributed by atoms with Gasteiger partial charge in [-0.05, 0) is 53.9 Å². The molecule has 182 valence electrons. The third-order valence-electron chi connectivity index (χ3n) is 6.53. The Hall–Kier alpha value is -3.11. The molecule has 0 aliphatic carbocycles. The number of hydrogen-bond donors (Lipinski definition) is 0. The molecule has 0 fully saturated rings. The first-order chi connectivity index (χ1) is 17.0. The van der Waals surface area contributed by atoms with Crippen LogP contribution in [0.2, 0.25) is 5.02 Å². The second-order valence-electron chi connectivity index (χ2n) is 9.05. The van der Waals surface area contributed by atoms with E-state index in [0.29, 0.717) is 17.4 Å². The molecule has 5 heteroatoms. The fraction of sp³-hybridized carbons (Fsp3) is 0.333. The van der Waals surface area contributed by atoms with E-state index in [2.05, 4.69) is 55.1 Å². The van der Waals surface area contributed by atoms with Gasteiger partial charge in [0.25, 0.3) is 0 Å². The Morgan fingerprint density at radius 3 is 2.43 bits per heavy atom. The van der Waals surface area contributed by atoms with Gasteiger partial charge in [-0.3, -0.25) is 4.79 Å². The second kappa shape index (κ2) is 11.5. The van der Waals surface area contributed by atoms with Crippen molar-refractivity contribution in [3.63, 3.8) is 0 Å². The van der Waals surface area contributed by atoms with Crippen molar-refractivity contribution in [2.45, 2.75) is 58.9 Å². The maximum Gasteiger partial charge on any atom is 0.348 e. The number of carbonyl (C=O) groups is 1. The Morgan fingerprint density at radius 1 is 0.914 bits per heavy atom. The topological polar surface area (TPSA) is 50.5 Å². The number of anilines is 1. The van der Waals surface area contributed by atoms with E-state index in [1.54, 1.807) is 0 Å². The van der Waals surface area contributed by atoms with Crippen molar-refractivity contribution in [2.75, 3.05) is 11.4 Å². The number of benzene rings is 3. The van der Waals surface area contributed by atoms with Crippen molar-refractivity contribution < 1.29 is 9.21 Å². The number of unbranched alkanes of at least 4 members (excludes halogenated alkanes) is 4. The minimum Gasteiger partial charge on any atom is -0.422 e. The van der Waals surface area contributed by atoms with Gasteiger partial charge in [0.15, 0.2) is 5.78 Å². The molecule has 4 aromatic rings. The first kappa shape index (κ1) is 25.0. The highest BCUT2D eigenvalue weighted by Gasteiger charge is 2.20. The number of halogens is 1. The molecule has 0 atom stereocenters. The molecule has 3 aromatic carbocycles. The van der Waals surface area contributed by atoms with Crippen molar-refractivity contribution >= 4 is 44.8 Å². The Kier molecular flexibility index (Phi) is 8.25. The molecule has 0 saturated heterocycles. The Balaban J connectivity index is 1.66. The molecule has 0 bridgehead atoms. The summed E-state index contributed by atoms with van der Waals surface area (Å²) in [4.78, 5) is 27.8.